The quantitative estimate of drug-likeness (QED) is 0.641. The van der Waals surface area contributed by atoms with Crippen molar-refractivity contribution < 1.29 is 0 Å². The molecule has 0 bridgehead atoms. The van der Waals surface area contributed by atoms with E-state index in [0.717, 1.165) is 10.9 Å². The molecule has 0 aliphatic carbocycles. The number of pyridine rings is 1. The van der Waals surface area contributed by atoms with Crippen molar-refractivity contribution in [2.24, 2.45) is 0 Å². The molecule has 0 fully saturated rings. The van der Waals surface area contributed by atoms with Crippen LogP contribution in [0.2, 0.25) is 0 Å². The number of allylic oxidation sites excluding steroid dienone is 1. The maximum Gasteiger partial charge on any atom is 0.101 e. The van der Waals surface area contributed by atoms with Crippen LogP contribution in [0.15, 0.2) is 66.9 Å². The van der Waals surface area contributed by atoms with Crippen LogP contribution in [0.5, 0.6) is 0 Å². The van der Waals surface area contributed by atoms with E-state index >= 15 is 0 Å². The monoisotopic (exact) mass is 256 g/mol. The fourth-order valence-electron chi connectivity index (χ4n) is 2.22. The summed E-state index contributed by atoms with van der Waals surface area (Å²) in [4.78, 5) is 4.24. The van der Waals surface area contributed by atoms with Crippen molar-refractivity contribution in [3.05, 3.63) is 78.1 Å². The van der Waals surface area contributed by atoms with E-state index in [1.807, 2.05) is 48.5 Å². The molecule has 2 nitrogen and oxygen atoms in total. The van der Waals surface area contributed by atoms with E-state index in [1.54, 1.807) is 6.20 Å². The van der Waals surface area contributed by atoms with Gasteiger partial charge in [-0.2, -0.15) is 5.26 Å². The predicted octanol–water partition coefficient (Wildman–Crippen LogP) is 4.30. The molecule has 0 aliphatic rings. The zero-order chi connectivity index (χ0) is 13.8. The molecule has 3 rings (SSSR count). The normalized spacial score (nSPS) is 11.2. The average molecular weight is 256 g/mol. The summed E-state index contributed by atoms with van der Waals surface area (Å²) < 4.78 is 0. The maximum atomic E-state index is 9.35. The van der Waals surface area contributed by atoms with Crippen LogP contribution in [0.25, 0.3) is 22.4 Å². The fourth-order valence-corrected chi connectivity index (χ4v) is 2.22. The van der Waals surface area contributed by atoms with Crippen LogP contribution >= 0.6 is 0 Å². The molecule has 20 heavy (non-hydrogen) atoms. The van der Waals surface area contributed by atoms with Gasteiger partial charge in [-0.05, 0) is 34.5 Å². The number of fused-ring (bicyclic) bond motifs is 1. The molecule has 1 heterocycles. The summed E-state index contributed by atoms with van der Waals surface area (Å²) in [6, 6.07) is 22.0. The lowest BCUT2D eigenvalue weighted by Crippen LogP contribution is -1.86. The number of nitriles is 1. The SMILES string of the molecule is N#CC(=Cc1cccc2ccccc12)c1ccccn1. The van der Waals surface area contributed by atoms with Gasteiger partial charge in [0.2, 0.25) is 0 Å². The number of hydrogen-bond donors (Lipinski definition) is 0. The van der Waals surface area contributed by atoms with E-state index in [1.165, 1.54) is 5.39 Å². The molecule has 0 saturated carbocycles. The molecule has 0 spiro atoms. The first-order valence-electron chi connectivity index (χ1n) is 6.39. The van der Waals surface area contributed by atoms with Gasteiger partial charge in [-0.1, -0.05) is 48.5 Å². The van der Waals surface area contributed by atoms with E-state index in [4.69, 9.17) is 0 Å². The lowest BCUT2D eigenvalue weighted by molar-refractivity contribution is 1.28. The van der Waals surface area contributed by atoms with Gasteiger partial charge in [0.15, 0.2) is 0 Å². The minimum Gasteiger partial charge on any atom is -0.256 e. The molecule has 0 N–H and O–H groups in total. The molecular formula is C18H12N2. The highest BCUT2D eigenvalue weighted by Crippen LogP contribution is 2.23. The van der Waals surface area contributed by atoms with Crippen LogP contribution < -0.4 is 0 Å². The van der Waals surface area contributed by atoms with Crippen LogP contribution in [0.1, 0.15) is 11.3 Å². The van der Waals surface area contributed by atoms with Crippen LogP contribution in [-0.2, 0) is 0 Å². The van der Waals surface area contributed by atoms with E-state index in [0.29, 0.717) is 11.3 Å². The molecule has 3 aromatic rings. The first-order chi connectivity index (χ1) is 9.88. The van der Waals surface area contributed by atoms with Gasteiger partial charge in [-0.3, -0.25) is 4.98 Å². The van der Waals surface area contributed by atoms with Gasteiger partial charge in [-0.25, -0.2) is 0 Å². The van der Waals surface area contributed by atoms with Gasteiger partial charge in [0.05, 0.1) is 11.3 Å². The van der Waals surface area contributed by atoms with Crippen molar-refractivity contribution in [3.63, 3.8) is 0 Å². The van der Waals surface area contributed by atoms with Gasteiger partial charge in [0, 0.05) is 6.20 Å². The highest BCUT2D eigenvalue weighted by molar-refractivity contribution is 5.97. The highest BCUT2D eigenvalue weighted by atomic mass is 14.7. The van der Waals surface area contributed by atoms with E-state index < -0.39 is 0 Å². The van der Waals surface area contributed by atoms with Crippen molar-refractivity contribution in [1.29, 1.82) is 5.26 Å². The van der Waals surface area contributed by atoms with Gasteiger partial charge >= 0.3 is 0 Å². The molecule has 0 amide bonds. The summed E-state index contributed by atoms with van der Waals surface area (Å²) in [5, 5.41) is 11.7. The Labute approximate surface area is 117 Å². The van der Waals surface area contributed by atoms with Crippen molar-refractivity contribution in [3.8, 4) is 6.07 Å². The molecule has 2 heteroatoms. The molecule has 0 atom stereocenters. The molecule has 0 radical (unpaired) electrons. The average Bonchev–Trinajstić information content (AvgIpc) is 2.53. The Balaban J connectivity index is 2.16. The number of benzene rings is 2. The first kappa shape index (κ1) is 12.1. The van der Waals surface area contributed by atoms with Crippen molar-refractivity contribution in [2.45, 2.75) is 0 Å². The lowest BCUT2D eigenvalue weighted by Gasteiger charge is -2.03. The largest absolute Gasteiger partial charge is 0.256 e. The molecule has 0 aliphatic heterocycles. The van der Waals surface area contributed by atoms with Gasteiger partial charge in [0.1, 0.15) is 6.07 Å². The van der Waals surface area contributed by atoms with Crippen LogP contribution in [-0.4, -0.2) is 4.98 Å². The summed E-state index contributed by atoms with van der Waals surface area (Å²) in [5.41, 5.74) is 2.30. The summed E-state index contributed by atoms with van der Waals surface area (Å²) in [5.74, 6) is 0. The first-order valence-corrected chi connectivity index (χ1v) is 6.39. The Morgan fingerprint density at radius 1 is 0.950 bits per heavy atom. The van der Waals surface area contributed by atoms with Crippen LogP contribution in [0.3, 0.4) is 0 Å². The maximum absolute atomic E-state index is 9.35. The molecular weight excluding hydrogens is 244 g/mol. The van der Waals surface area contributed by atoms with Gasteiger partial charge < -0.3 is 0 Å². The van der Waals surface area contributed by atoms with E-state index in [9.17, 15) is 5.26 Å². The second kappa shape index (κ2) is 5.38. The Hall–Kier alpha value is -2.92. The third kappa shape index (κ3) is 2.30. The third-order valence-electron chi connectivity index (χ3n) is 3.18. The van der Waals surface area contributed by atoms with Crippen molar-refractivity contribution in [2.75, 3.05) is 0 Å². The van der Waals surface area contributed by atoms with Gasteiger partial charge in [0.25, 0.3) is 0 Å². The third-order valence-corrected chi connectivity index (χ3v) is 3.18. The highest BCUT2D eigenvalue weighted by Gasteiger charge is 2.03. The summed E-state index contributed by atoms with van der Waals surface area (Å²) in [7, 11) is 0. The summed E-state index contributed by atoms with van der Waals surface area (Å²) >= 11 is 0. The second-order valence-electron chi connectivity index (χ2n) is 4.45. The fraction of sp³-hybridized carbons (Fsp3) is 0. The second-order valence-corrected chi connectivity index (χ2v) is 4.45. The summed E-state index contributed by atoms with van der Waals surface area (Å²) in [6.45, 7) is 0. The molecule has 94 valence electrons. The molecule has 0 saturated heterocycles. The summed E-state index contributed by atoms with van der Waals surface area (Å²) in [6.07, 6.45) is 3.59. The molecule has 0 unspecified atom stereocenters. The van der Waals surface area contributed by atoms with Crippen molar-refractivity contribution >= 4 is 22.4 Å². The standard InChI is InChI=1S/C18H12N2/c19-13-16(18-10-3-4-11-20-18)12-15-8-5-7-14-6-1-2-9-17(14)15/h1-12H. The van der Waals surface area contributed by atoms with Gasteiger partial charge in [-0.15, -0.1) is 0 Å². The van der Waals surface area contributed by atoms with E-state index in [2.05, 4.69) is 29.3 Å². The zero-order valence-corrected chi connectivity index (χ0v) is 10.8. The number of hydrogen-bond acceptors (Lipinski definition) is 2. The number of nitrogens with zero attached hydrogens (tertiary/aromatic N) is 2. The minimum atomic E-state index is 0.571. The van der Waals surface area contributed by atoms with Crippen LogP contribution in [0, 0.1) is 11.3 Å². The minimum absolute atomic E-state index is 0.571. The Morgan fingerprint density at radius 3 is 2.55 bits per heavy atom. The number of aromatic nitrogens is 1. The Kier molecular flexibility index (Phi) is 3.26. The molecule has 1 aromatic heterocycles. The zero-order valence-electron chi connectivity index (χ0n) is 10.8. The smallest absolute Gasteiger partial charge is 0.101 e. The van der Waals surface area contributed by atoms with E-state index in [-0.39, 0.29) is 0 Å². The van der Waals surface area contributed by atoms with Crippen LogP contribution in [0.4, 0.5) is 0 Å². The predicted molar refractivity (Wildman–Crippen MR) is 81.7 cm³/mol. The lowest BCUT2D eigenvalue weighted by atomic mass is 10.0. The topological polar surface area (TPSA) is 36.7 Å². The molecule has 2 aromatic carbocycles. The number of rotatable bonds is 2. The Bertz CT molecular complexity index is 806. The Morgan fingerprint density at radius 2 is 1.75 bits per heavy atom. The van der Waals surface area contributed by atoms with Crippen molar-refractivity contribution in [1.82, 2.24) is 4.98 Å².